The zero-order valence-electron chi connectivity index (χ0n) is 15.1. The molecule has 1 aliphatic rings. The maximum absolute atomic E-state index is 12.4. The molecular weight excluding hydrogens is 342 g/mol. The number of hydrogen-bond donors (Lipinski definition) is 1. The molecule has 1 atom stereocenters. The molecule has 136 valence electrons. The van der Waals surface area contributed by atoms with E-state index in [1.165, 1.54) is 0 Å². The first-order valence-electron chi connectivity index (χ1n) is 8.67. The van der Waals surface area contributed by atoms with Crippen LogP contribution in [0.25, 0.3) is 0 Å². The Morgan fingerprint density at radius 1 is 1.15 bits per heavy atom. The molecular formula is C20H19N5O2. The second-order valence-corrected chi connectivity index (χ2v) is 6.38. The van der Waals surface area contributed by atoms with E-state index in [4.69, 9.17) is 4.74 Å². The van der Waals surface area contributed by atoms with Crippen molar-refractivity contribution in [3.63, 3.8) is 0 Å². The van der Waals surface area contributed by atoms with E-state index in [1.807, 2.05) is 61.5 Å². The number of tetrazole rings is 1. The smallest absolute Gasteiger partial charge is 0.248 e. The first-order valence-corrected chi connectivity index (χ1v) is 8.67. The summed E-state index contributed by atoms with van der Waals surface area (Å²) in [6.45, 7) is 3.84. The van der Waals surface area contributed by atoms with Crippen LogP contribution in [0.3, 0.4) is 0 Å². The summed E-state index contributed by atoms with van der Waals surface area (Å²) in [7, 11) is 0. The van der Waals surface area contributed by atoms with Gasteiger partial charge in [0, 0.05) is 16.8 Å². The number of nitrogens with one attached hydrogen (secondary N) is 1. The van der Waals surface area contributed by atoms with Crippen LogP contribution < -0.4 is 10.1 Å². The number of ether oxygens (including phenoxy) is 1. The van der Waals surface area contributed by atoms with Crippen LogP contribution in [0.15, 0.2) is 65.9 Å². The van der Waals surface area contributed by atoms with Crippen molar-refractivity contribution < 1.29 is 9.53 Å². The number of ketones is 1. The summed E-state index contributed by atoms with van der Waals surface area (Å²) in [5.41, 5.74) is 3.27. The highest BCUT2D eigenvalue weighted by molar-refractivity contribution is 5.96. The maximum Gasteiger partial charge on any atom is 0.248 e. The average Bonchev–Trinajstić information content (AvgIpc) is 3.14. The third kappa shape index (κ3) is 3.19. The van der Waals surface area contributed by atoms with Gasteiger partial charge in [0.1, 0.15) is 18.4 Å². The van der Waals surface area contributed by atoms with Crippen LogP contribution in [0.5, 0.6) is 5.75 Å². The zero-order valence-corrected chi connectivity index (χ0v) is 15.1. The third-order valence-corrected chi connectivity index (χ3v) is 4.54. The summed E-state index contributed by atoms with van der Waals surface area (Å²) in [4.78, 5) is 12.4. The Morgan fingerprint density at radius 2 is 1.89 bits per heavy atom. The Hall–Kier alpha value is -3.48. The van der Waals surface area contributed by atoms with Crippen LogP contribution in [0.2, 0.25) is 0 Å². The summed E-state index contributed by atoms with van der Waals surface area (Å²) in [5.74, 6) is 1.16. The standard InChI is InChI=1S/C20H19N5O2/c1-13-18(14(2)26)19(25-20(21-13)22-23-24-25)16-10-6-7-11-17(16)27-12-15-8-4-3-5-9-15/h3-11,19H,12H2,1-2H3,(H,21,22,24). The molecule has 0 spiro atoms. The van der Waals surface area contributed by atoms with Crippen LogP contribution in [-0.4, -0.2) is 26.0 Å². The van der Waals surface area contributed by atoms with Crippen LogP contribution in [0.1, 0.15) is 31.0 Å². The fraction of sp³-hybridized carbons (Fsp3) is 0.200. The molecule has 0 radical (unpaired) electrons. The van der Waals surface area contributed by atoms with E-state index in [0.29, 0.717) is 23.9 Å². The quantitative estimate of drug-likeness (QED) is 0.752. The predicted molar refractivity (Wildman–Crippen MR) is 100 cm³/mol. The zero-order chi connectivity index (χ0) is 18.8. The van der Waals surface area contributed by atoms with E-state index in [2.05, 4.69) is 20.8 Å². The van der Waals surface area contributed by atoms with Gasteiger partial charge in [-0.15, -0.1) is 0 Å². The maximum atomic E-state index is 12.4. The number of anilines is 1. The van der Waals surface area contributed by atoms with E-state index in [1.54, 1.807) is 11.6 Å². The lowest BCUT2D eigenvalue weighted by atomic mass is 9.92. The van der Waals surface area contributed by atoms with E-state index >= 15 is 0 Å². The molecule has 1 unspecified atom stereocenters. The number of nitrogens with zero attached hydrogens (tertiary/aromatic N) is 4. The van der Waals surface area contributed by atoms with Crippen LogP contribution in [0.4, 0.5) is 5.95 Å². The number of carbonyl (C=O) groups excluding carboxylic acids is 1. The number of fused-ring (bicyclic) bond motifs is 1. The van der Waals surface area contributed by atoms with Gasteiger partial charge in [-0.1, -0.05) is 53.6 Å². The normalized spacial score (nSPS) is 15.9. The third-order valence-electron chi connectivity index (χ3n) is 4.54. The van der Waals surface area contributed by atoms with Crippen molar-refractivity contribution in [2.75, 3.05) is 5.32 Å². The summed E-state index contributed by atoms with van der Waals surface area (Å²) in [6.07, 6.45) is 0. The van der Waals surface area contributed by atoms with Gasteiger partial charge in [0.2, 0.25) is 5.95 Å². The molecule has 0 bridgehead atoms. The van der Waals surface area contributed by atoms with Gasteiger partial charge in [-0.3, -0.25) is 4.79 Å². The molecule has 1 aromatic heterocycles. The highest BCUT2D eigenvalue weighted by atomic mass is 16.5. The highest BCUT2D eigenvalue weighted by Crippen LogP contribution is 2.38. The molecule has 0 amide bonds. The number of aromatic nitrogens is 4. The van der Waals surface area contributed by atoms with Crippen molar-refractivity contribution in [1.82, 2.24) is 20.2 Å². The monoisotopic (exact) mass is 361 g/mol. The number of allylic oxidation sites excluding steroid dienone is 2. The molecule has 27 heavy (non-hydrogen) atoms. The second kappa shape index (κ2) is 7.03. The van der Waals surface area contributed by atoms with Crippen molar-refractivity contribution in [1.29, 1.82) is 0 Å². The molecule has 0 saturated carbocycles. The van der Waals surface area contributed by atoms with Gasteiger partial charge in [-0.25, -0.2) is 0 Å². The van der Waals surface area contributed by atoms with E-state index in [0.717, 1.165) is 16.8 Å². The molecule has 1 aliphatic heterocycles. The van der Waals surface area contributed by atoms with Crippen molar-refractivity contribution in [3.05, 3.63) is 77.0 Å². The molecule has 0 aliphatic carbocycles. The molecule has 1 N–H and O–H groups in total. The average molecular weight is 361 g/mol. The molecule has 0 saturated heterocycles. The number of carbonyl (C=O) groups is 1. The second-order valence-electron chi connectivity index (χ2n) is 6.38. The number of rotatable bonds is 5. The Balaban J connectivity index is 1.75. The lowest BCUT2D eigenvalue weighted by molar-refractivity contribution is -0.114. The lowest BCUT2D eigenvalue weighted by Gasteiger charge is -2.28. The number of benzene rings is 2. The molecule has 4 rings (SSSR count). The topological polar surface area (TPSA) is 81.9 Å². The van der Waals surface area contributed by atoms with E-state index in [-0.39, 0.29) is 5.78 Å². The van der Waals surface area contributed by atoms with Crippen LogP contribution in [0, 0.1) is 0 Å². The minimum atomic E-state index is -0.444. The molecule has 2 aromatic carbocycles. The summed E-state index contributed by atoms with van der Waals surface area (Å²) in [6, 6.07) is 17.2. The Kier molecular flexibility index (Phi) is 4.42. The van der Waals surface area contributed by atoms with Crippen molar-refractivity contribution in [2.24, 2.45) is 0 Å². The Bertz CT molecular complexity index is 1010. The number of hydrogen-bond acceptors (Lipinski definition) is 6. The molecule has 7 nitrogen and oxygen atoms in total. The van der Waals surface area contributed by atoms with Gasteiger partial charge in [0.05, 0.1) is 0 Å². The summed E-state index contributed by atoms with van der Waals surface area (Å²) < 4.78 is 7.71. The SMILES string of the molecule is CC(=O)C1=C(C)Nc2nnnn2C1c1ccccc1OCc1ccccc1. The number of para-hydroxylation sites is 1. The Labute approximate surface area is 156 Å². The summed E-state index contributed by atoms with van der Waals surface area (Å²) >= 11 is 0. The van der Waals surface area contributed by atoms with Crippen molar-refractivity contribution >= 4 is 11.7 Å². The van der Waals surface area contributed by atoms with Gasteiger partial charge in [-0.05, 0) is 35.9 Å². The minimum Gasteiger partial charge on any atom is -0.489 e. The van der Waals surface area contributed by atoms with Crippen LogP contribution in [-0.2, 0) is 11.4 Å². The first-order chi connectivity index (χ1) is 13.1. The summed E-state index contributed by atoms with van der Waals surface area (Å²) in [5, 5.41) is 14.9. The first kappa shape index (κ1) is 17.0. The van der Waals surface area contributed by atoms with Gasteiger partial charge >= 0.3 is 0 Å². The fourth-order valence-corrected chi connectivity index (χ4v) is 3.33. The molecule has 7 heteroatoms. The fourth-order valence-electron chi connectivity index (χ4n) is 3.33. The molecule has 3 aromatic rings. The van der Waals surface area contributed by atoms with Crippen LogP contribution >= 0.6 is 0 Å². The lowest BCUT2D eigenvalue weighted by Crippen LogP contribution is -2.28. The predicted octanol–water partition coefficient (Wildman–Crippen LogP) is 3.13. The highest BCUT2D eigenvalue weighted by Gasteiger charge is 2.33. The van der Waals surface area contributed by atoms with E-state index in [9.17, 15) is 4.79 Å². The van der Waals surface area contributed by atoms with Gasteiger partial charge in [-0.2, -0.15) is 4.68 Å². The van der Waals surface area contributed by atoms with Crippen molar-refractivity contribution in [2.45, 2.75) is 26.5 Å². The largest absolute Gasteiger partial charge is 0.489 e. The number of Topliss-reactive ketones (excluding diaryl/α,β-unsaturated/α-hetero) is 1. The van der Waals surface area contributed by atoms with Gasteiger partial charge < -0.3 is 10.1 Å². The van der Waals surface area contributed by atoms with E-state index < -0.39 is 6.04 Å². The Morgan fingerprint density at radius 3 is 2.67 bits per heavy atom. The van der Waals surface area contributed by atoms with Gasteiger partial charge in [0.25, 0.3) is 0 Å². The molecule has 0 fully saturated rings. The van der Waals surface area contributed by atoms with Gasteiger partial charge in [0.15, 0.2) is 5.78 Å². The minimum absolute atomic E-state index is 0.0380. The molecule has 2 heterocycles. The van der Waals surface area contributed by atoms with Crippen molar-refractivity contribution in [3.8, 4) is 5.75 Å².